The third-order valence-electron chi connectivity index (χ3n) is 3.62. The molecule has 7 heteroatoms. The smallest absolute Gasteiger partial charge is 0.292 e. The van der Waals surface area contributed by atoms with Gasteiger partial charge in [-0.15, -0.1) is 0 Å². The van der Waals surface area contributed by atoms with E-state index in [2.05, 4.69) is 5.32 Å². The number of rotatable bonds is 5. The lowest BCUT2D eigenvalue weighted by Gasteiger charge is -2.23. The van der Waals surface area contributed by atoms with Crippen molar-refractivity contribution in [3.8, 4) is 0 Å². The van der Waals surface area contributed by atoms with E-state index >= 15 is 0 Å². The second-order valence-corrected chi connectivity index (χ2v) is 5.14. The second kappa shape index (κ2) is 5.46. The number of nitrogens with one attached hydrogen (secondary N) is 1. The number of nitrogens with zero attached hydrogens (tertiary/aromatic N) is 1. The van der Waals surface area contributed by atoms with Gasteiger partial charge in [-0.1, -0.05) is 12.8 Å². The summed E-state index contributed by atoms with van der Waals surface area (Å²) in [6.07, 6.45) is 3.23. The van der Waals surface area contributed by atoms with E-state index in [4.69, 9.17) is 5.73 Å². The highest BCUT2D eigenvalue weighted by Gasteiger charge is 2.31. The molecule has 1 aliphatic rings. The molecule has 1 fully saturated rings. The standard InChI is InChI=1S/C13H17N3O4/c14-12(17)9-3-4-11(16(19)20)10(7-9)15-8-13(18)5-1-2-6-13/h3-4,7,15,18H,1-2,5-6,8H2,(H2,14,17). The molecule has 4 N–H and O–H groups in total. The lowest BCUT2D eigenvalue weighted by molar-refractivity contribution is -0.384. The SMILES string of the molecule is NC(=O)c1ccc([N+](=O)[O-])c(NCC2(O)CCCC2)c1. The first kappa shape index (κ1) is 14.3. The number of carbonyl (C=O) groups excluding carboxylic acids is 1. The number of nitro benzene ring substituents is 1. The van der Waals surface area contributed by atoms with Crippen LogP contribution in [0.2, 0.25) is 0 Å². The van der Waals surface area contributed by atoms with Crippen LogP contribution in [0, 0.1) is 10.1 Å². The van der Waals surface area contributed by atoms with E-state index in [1.54, 1.807) is 0 Å². The van der Waals surface area contributed by atoms with E-state index in [9.17, 15) is 20.0 Å². The molecule has 0 radical (unpaired) electrons. The van der Waals surface area contributed by atoms with Crippen LogP contribution in [0.1, 0.15) is 36.0 Å². The quantitative estimate of drug-likeness (QED) is 0.556. The molecule has 0 unspecified atom stereocenters. The van der Waals surface area contributed by atoms with Crippen molar-refractivity contribution < 1.29 is 14.8 Å². The van der Waals surface area contributed by atoms with Gasteiger partial charge in [-0.25, -0.2) is 0 Å². The molecule has 1 aromatic carbocycles. The molecule has 0 heterocycles. The van der Waals surface area contributed by atoms with Crippen molar-refractivity contribution in [1.29, 1.82) is 0 Å². The van der Waals surface area contributed by atoms with E-state index in [1.165, 1.54) is 18.2 Å². The molecular formula is C13H17N3O4. The molecule has 0 aromatic heterocycles. The monoisotopic (exact) mass is 279 g/mol. The minimum absolute atomic E-state index is 0.142. The van der Waals surface area contributed by atoms with E-state index in [0.717, 1.165) is 12.8 Å². The minimum atomic E-state index is -0.837. The van der Waals surface area contributed by atoms with Gasteiger partial charge in [-0.05, 0) is 25.0 Å². The maximum absolute atomic E-state index is 11.1. The van der Waals surface area contributed by atoms with Crippen LogP contribution in [-0.2, 0) is 0 Å². The molecule has 20 heavy (non-hydrogen) atoms. The molecule has 0 saturated heterocycles. The number of anilines is 1. The summed E-state index contributed by atoms with van der Waals surface area (Å²) in [7, 11) is 0. The summed E-state index contributed by atoms with van der Waals surface area (Å²) in [6, 6.07) is 3.90. The number of amides is 1. The first-order chi connectivity index (χ1) is 9.41. The van der Waals surface area contributed by atoms with Crippen LogP contribution in [0.4, 0.5) is 11.4 Å². The number of carbonyl (C=O) groups is 1. The van der Waals surface area contributed by atoms with Gasteiger partial charge in [0.15, 0.2) is 0 Å². The van der Waals surface area contributed by atoms with Crippen molar-refractivity contribution in [1.82, 2.24) is 0 Å². The fourth-order valence-electron chi connectivity index (χ4n) is 2.46. The number of nitrogens with two attached hydrogens (primary N) is 1. The predicted octanol–water partition coefficient (Wildman–Crippen LogP) is 1.41. The molecule has 1 amide bonds. The third-order valence-corrected chi connectivity index (χ3v) is 3.62. The number of primary amides is 1. The topological polar surface area (TPSA) is 118 Å². The molecule has 1 aromatic rings. The van der Waals surface area contributed by atoms with Crippen LogP contribution in [0.5, 0.6) is 0 Å². The van der Waals surface area contributed by atoms with Crippen LogP contribution < -0.4 is 11.1 Å². The Morgan fingerprint density at radius 2 is 2.10 bits per heavy atom. The molecule has 108 valence electrons. The summed E-state index contributed by atoms with van der Waals surface area (Å²) in [4.78, 5) is 21.6. The van der Waals surface area contributed by atoms with Crippen LogP contribution in [0.25, 0.3) is 0 Å². The van der Waals surface area contributed by atoms with Crippen molar-refractivity contribution in [2.75, 3.05) is 11.9 Å². The Morgan fingerprint density at radius 1 is 1.45 bits per heavy atom. The third kappa shape index (κ3) is 3.05. The highest BCUT2D eigenvalue weighted by molar-refractivity contribution is 5.94. The average molecular weight is 279 g/mol. The molecule has 0 atom stereocenters. The van der Waals surface area contributed by atoms with Gasteiger partial charge in [0.2, 0.25) is 5.91 Å². The van der Waals surface area contributed by atoms with Gasteiger partial charge in [0.05, 0.1) is 10.5 Å². The largest absolute Gasteiger partial charge is 0.388 e. The lowest BCUT2D eigenvalue weighted by Crippen LogP contribution is -2.33. The van der Waals surface area contributed by atoms with Crippen LogP contribution in [-0.4, -0.2) is 28.1 Å². The van der Waals surface area contributed by atoms with Gasteiger partial charge in [0, 0.05) is 18.2 Å². The zero-order chi connectivity index (χ0) is 14.8. The summed E-state index contributed by atoms with van der Waals surface area (Å²) in [6.45, 7) is 0.218. The maximum Gasteiger partial charge on any atom is 0.292 e. The van der Waals surface area contributed by atoms with E-state index in [0.29, 0.717) is 12.8 Å². The molecular weight excluding hydrogens is 262 g/mol. The van der Waals surface area contributed by atoms with Crippen molar-refractivity contribution in [3.63, 3.8) is 0 Å². The zero-order valence-electron chi connectivity index (χ0n) is 11.0. The molecule has 2 rings (SSSR count). The van der Waals surface area contributed by atoms with Gasteiger partial charge >= 0.3 is 0 Å². The molecule has 1 saturated carbocycles. The van der Waals surface area contributed by atoms with Gasteiger partial charge < -0.3 is 16.2 Å². The van der Waals surface area contributed by atoms with E-state index in [1.807, 2.05) is 0 Å². The number of hydrogen-bond donors (Lipinski definition) is 3. The Balaban J connectivity index is 2.21. The number of hydrogen-bond acceptors (Lipinski definition) is 5. The summed E-state index contributed by atoms with van der Waals surface area (Å²) < 4.78 is 0. The van der Waals surface area contributed by atoms with Crippen LogP contribution in [0.3, 0.4) is 0 Å². The summed E-state index contributed by atoms with van der Waals surface area (Å²) in [5, 5.41) is 24.1. The summed E-state index contributed by atoms with van der Waals surface area (Å²) in [5.41, 5.74) is 4.58. The Morgan fingerprint density at radius 3 is 2.65 bits per heavy atom. The molecule has 7 nitrogen and oxygen atoms in total. The van der Waals surface area contributed by atoms with Gasteiger partial charge in [-0.3, -0.25) is 14.9 Å². The molecule has 0 spiro atoms. The Labute approximate surface area is 115 Å². The summed E-state index contributed by atoms with van der Waals surface area (Å²) >= 11 is 0. The molecule has 0 bridgehead atoms. The Kier molecular flexibility index (Phi) is 3.89. The normalized spacial score (nSPS) is 16.9. The Hall–Kier alpha value is -2.15. The predicted molar refractivity (Wildman–Crippen MR) is 73.5 cm³/mol. The van der Waals surface area contributed by atoms with E-state index < -0.39 is 16.4 Å². The zero-order valence-corrected chi connectivity index (χ0v) is 11.0. The minimum Gasteiger partial charge on any atom is -0.388 e. The maximum atomic E-state index is 11.1. The van der Waals surface area contributed by atoms with Crippen molar-refractivity contribution in [3.05, 3.63) is 33.9 Å². The van der Waals surface area contributed by atoms with Crippen molar-refractivity contribution in [2.45, 2.75) is 31.3 Å². The first-order valence-corrected chi connectivity index (χ1v) is 6.46. The number of benzene rings is 1. The highest BCUT2D eigenvalue weighted by Crippen LogP contribution is 2.31. The summed E-state index contributed by atoms with van der Waals surface area (Å²) in [5.74, 6) is -0.650. The Bertz CT molecular complexity index is 538. The second-order valence-electron chi connectivity index (χ2n) is 5.14. The molecule has 1 aliphatic carbocycles. The highest BCUT2D eigenvalue weighted by atomic mass is 16.6. The fraction of sp³-hybridized carbons (Fsp3) is 0.462. The average Bonchev–Trinajstić information content (AvgIpc) is 2.83. The van der Waals surface area contributed by atoms with Crippen molar-refractivity contribution >= 4 is 17.3 Å². The van der Waals surface area contributed by atoms with Gasteiger partial charge in [0.1, 0.15) is 5.69 Å². The number of nitro groups is 1. The van der Waals surface area contributed by atoms with Crippen molar-refractivity contribution in [2.24, 2.45) is 5.73 Å². The fourth-order valence-corrected chi connectivity index (χ4v) is 2.46. The number of aliphatic hydroxyl groups is 1. The van der Waals surface area contributed by atoms with E-state index in [-0.39, 0.29) is 23.5 Å². The van der Waals surface area contributed by atoms with Gasteiger partial charge in [0.25, 0.3) is 5.69 Å². The van der Waals surface area contributed by atoms with Crippen LogP contribution in [0.15, 0.2) is 18.2 Å². The van der Waals surface area contributed by atoms with Gasteiger partial charge in [-0.2, -0.15) is 0 Å². The first-order valence-electron chi connectivity index (χ1n) is 6.46. The van der Waals surface area contributed by atoms with Crippen LogP contribution >= 0.6 is 0 Å². The molecule has 0 aliphatic heterocycles. The lowest BCUT2D eigenvalue weighted by atomic mass is 10.0.